The van der Waals surface area contributed by atoms with Crippen LogP contribution in [-0.4, -0.2) is 4.98 Å². The Balaban J connectivity index is 2.17. The average molecular weight is 242 g/mol. The second kappa shape index (κ2) is 4.15. The third-order valence-electron chi connectivity index (χ3n) is 2.62. The van der Waals surface area contributed by atoms with Crippen molar-refractivity contribution >= 4 is 17.2 Å². The number of nitrogens with zero attached hydrogens (tertiary/aromatic N) is 2. The first-order chi connectivity index (χ1) is 8.33. The number of benzene rings is 1. The van der Waals surface area contributed by atoms with Crippen molar-refractivity contribution in [1.29, 1.82) is 0 Å². The van der Waals surface area contributed by atoms with Crippen LogP contribution in [0.15, 0.2) is 60.9 Å². The Kier molecular flexibility index (Phi) is 2.50. The van der Waals surface area contributed by atoms with Gasteiger partial charge in [-0.25, -0.2) is 4.40 Å². The molecule has 0 saturated carbocycles. The van der Waals surface area contributed by atoms with Gasteiger partial charge in [0, 0.05) is 17.7 Å². The summed E-state index contributed by atoms with van der Waals surface area (Å²) >= 11 is 5.93. The van der Waals surface area contributed by atoms with Gasteiger partial charge in [-0.3, -0.25) is 0 Å². The molecule has 0 amide bonds. The summed E-state index contributed by atoms with van der Waals surface area (Å²) in [7, 11) is 0. The van der Waals surface area contributed by atoms with E-state index in [1.165, 1.54) is 0 Å². The molecule has 0 unspecified atom stereocenters. The van der Waals surface area contributed by atoms with Crippen molar-refractivity contribution in [3.05, 3.63) is 65.9 Å². The van der Waals surface area contributed by atoms with Gasteiger partial charge in [0.05, 0.1) is 5.02 Å². The van der Waals surface area contributed by atoms with Crippen molar-refractivity contribution in [2.75, 3.05) is 0 Å². The fraction of sp³-hybridized carbons (Fsp3) is 0. The molecule has 0 radical (unpaired) electrons. The Morgan fingerprint density at radius 2 is 1.76 bits per heavy atom. The summed E-state index contributed by atoms with van der Waals surface area (Å²) in [5.41, 5.74) is 2.97. The van der Waals surface area contributed by atoms with Gasteiger partial charge in [0.15, 0.2) is 5.69 Å². The van der Waals surface area contributed by atoms with Crippen LogP contribution in [0.4, 0.5) is 0 Å². The smallest absolute Gasteiger partial charge is 0.202 e. The first-order valence-electron chi connectivity index (χ1n) is 5.36. The predicted molar refractivity (Wildman–Crippen MR) is 67.8 cm³/mol. The second-order valence-corrected chi connectivity index (χ2v) is 4.23. The quantitative estimate of drug-likeness (QED) is 0.598. The Hall–Kier alpha value is -1.93. The highest BCUT2D eigenvalue weighted by atomic mass is 35.5. The fourth-order valence-corrected chi connectivity index (χ4v) is 1.95. The summed E-state index contributed by atoms with van der Waals surface area (Å²) in [5.74, 6) is 0. The maximum Gasteiger partial charge on any atom is 0.328 e. The summed E-state index contributed by atoms with van der Waals surface area (Å²) in [6.45, 7) is 0. The van der Waals surface area contributed by atoms with Crippen LogP contribution in [0, 0.1) is 0 Å². The largest absolute Gasteiger partial charge is 0.328 e. The van der Waals surface area contributed by atoms with E-state index < -0.39 is 0 Å². The number of rotatable bonds is 1. The minimum absolute atomic E-state index is 0.705. The number of pyridine rings is 1. The lowest BCUT2D eigenvalue weighted by Crippen LogP contribution is -2.21. The van der Waals surface area contributed by atoms with Crippen LogP contribution in [0.2, 0.25) is 5.02 Å². The molecule has 17 heavy (non-hydrogen) atoms. The lowest BCUT2D eigenvalue weighted by Gasteiger charge is -1.96. The third kappa shape index (κ3) is 1.99. The van der Waals surface area contributed by atoms with Crippen LogP contribution in [-0.2, 0) is 0 Å². The first kappa shape index (κ1) is 10.2. The molecule has 3 heteroatoms. The highest BCUT2D eigenvalue weighted by molar-refractivity contribution is 6.30. The Morgan fingerprint density at radius 3 is 2.59 bits per heavy atom. The molecular weight excluding hydrogens is 232 g/mol. The second-order valence-electron chi connectivity index (χ2n) is 3.79. The molecular formula is C14H10ClN2+. The van der Waals surface area contributed by atoms with Gasteiger partial charge in [0.2, 0.25) is 0 Å². The van der Waals surface area contributed by atoms with Crippen LogP contribution in [0.25, 0.3) is 16.9 Å². The van der Waals surface area contributed by atoms with Crippen LogP contribution in [0.5, 0.6) is 0 Å². The Bertz CT molecular complexity index is 665. The molecule has 0 saturated heterocycles. The topological polar surface area (TPSA) is 17.0 Å². The van der Waals surface area contributed by atoms with Gasteiger partial charge in [0.25, 0.3) is 0 Å². The summed E-state index contributed by atoms with van der Waals surface area (Å²) in [5, 5.41) is 0.705. The first-order valence-corrected chi connectivity index (χ1v) is 5.74. The van der Waals surface area contributed by atoms with E-state index in [2.05, 4.69) is 17.1 Å². The van der Waals surface area contributed by atoms with Crippen molar-refractivity contribution in [3.63, 3.8) is 0 Å². The molecule has 0 bridgehead atoms. The molecule has 0 atom stereocenters. The highest BCUT2D eigenvalue weighted by Crippen LogP contribution is 2.15. The monoisotopic (exact) mass is 241 g/mol. The summed E-state index contributed by atoms with van der Waals surface area (Å²) in [6, 6.07) is 15.9. The van der Waals surface area contributed by atoms with Crippen LogP contribution >= 0.6 is 11.6 Å². The molecule has 3 aromatic rings. The van der Waals surface area contributed by atoms with Crippen molar-refractivity contribution in [2.45, 2.75) is 0 Å². The van der Waals surface area contributed by atoms with E-state index in [1.54, 1.807) is 0 Å². The van der Waals surface area contributed by atoms with E-state index in [0.717, 1.165) is 16.9 Å². The zero-order chi connectivity index (χ0) is 11.7. The van der Waals surface area contributed by atoms with Crippen molar-refractivity contribution in [1.82, 2.24) is 4.98 Å². The molecule has 3 rings (SSSR count). The highest BCUT2D eigenvalue weighted by Gasteiger charge is 2.09. The van der Waals surface area contributed by atoms with Gasteiger partial charge in [-0.2, -0.15) is 0 Å². The molecule has 0 aliphatic rings. The standard InChI is InChI=1S/C14H10ClN2/c15-12-6-7-14-16-13(8-9-17(14)10-12)11-4-2-1-3-5-11/h1-10H/q+1. The molecule has 0 N–H and O–H groups in total. The molecule has 2 nitrogen and oxygen atoms in total. The summed E-state index contributed by atoms with van der Waals surface area (Å²) < 4.78 is 1.91. The van der Waals surface area contributed by atoms with E-state index in [0.29, 0.717) is 5.02 Å². The molecule has 0 spiro atoms. The zero-order valence-electron chi connectivity index (χ0n) is 9.05. The molecule has 0 fully saturated rings. The maximum atomic E-state index is 5.93. The van der Waals surface area contributed by atoms with Gasteiger partial charge >= 0.3 is 5.65 Å². The number of hydrogen-bond acceptors (Lipinski definition) is 1. The minimum atomic E-state index is 0.705. The molecule has 0 aliphatic heterocycles. The molecule has 2 aromatic heterocycles. The third-order valence-corrected chi connectivity index (χ3v) is 2.84. The molecule has 2 heterocycles. The maximum absolute atomic E-state index is 5.93. The number of hydrogen-bond donors (Lipinski definition) is 0. The summed E-state index contributed by atoms with van der Waals surface area (Å²) in [6.07, 6.45) is 3.81. The normalized spacial score (nSPS) is 10.6. The SMILES string of the molecule is Clc1ccc2nc(-c3ccccc3)cc[n+]2c1. The molecule has 82 valence electrons. The van der Waals surface area contributed by atoms with Crippen LogP contribution in [0.1, 0.15) is 0 Å². The zero-order valence-corrected chi connectivity index (χ0v) is 9.80. The van der Waals surface area contributed by atoms with E-state index in [9.17, 15) is 0 Å². The van der Waals surface area contributed by atoms with E-state index >= 15 is 0 Å². The number of aromatic nitrogens is 2. The number of fused-ring (bicyclic) bond motifs is 1. The van der Waals surface area contributed by atoms with Gasteiger partial charge in [0.1, 0.15) is 12.4 Å². The number of halogens is 1. The van der Waals surface area contributed by atoms with Gasteiger partial charge in [-0.05, 0) is 11.1 Å². The van der Waals surface area contributed by atoms with Crippen molar-refractivity contribution < 1.29 is 4.40 Å². The fourth-order valence-electron chi connectivity index (χ4n) is 1.78. The lowest BCUT2D eigenvalue weighted by atomic mass is 10.1. The Labute approximate surface area is 104 Å². The van der Waals surface area contributed by atoms with Crippen molar-refractivity contribution in [2.24, 2.45) is 0 Å². The van der Waals surface area contributed by atoms with Crippen LogP contribution < -0.4 is 4.40 Å². The van der Waals surface area contributed by atoms with E-state index in [1.807, 2.05) is 53.2 Å². The Morgan fingerprint density at radius 1 is 0.941 bits per heavy atom. The minimum Gasteiger partial charge on any atom is -0.202 e. The van der Waals surface area contributed by atoms with Gasteiger partial charge < -0.3 is 0 Å². The summed E-state index contributed by atoms with van der Waals surface area (Å²) in [4.78, 5) is 4.59. The average Bonchev–Trinajstić information content (AvgIpc) is 2.39. The predicted octanol–water partition coefficient (Wildman–Crippen LogP) is 3.14. The van der Waals surface area contributed by atoms with Crippen molar-refractivity contribution in [3.8, 4) is 11.3 Å². The molecule has 1 aromatic carbocycles. The van der Waals surface area contributed by atoms with E-state index in [4.69, 9.17) is 11.6 Å². The van der Waals surface area contributed by atoms with Crippen LogP contribution in [0.3, 0.4) is 0 Å². The van der Waals surface area contributed by atoms with Gasteiger partial charge in [-0.1, -0.05) is 41.9 Å². The molecule has 0 aliphatic carbocycles. The lowest BCUT2D eigenvalue weighted by molar-refractivity contribution is -0.514. The van der Waals surface area contributed by atoms with E-state index in [-0.39, 0.29) is 0 Å². The van der Waals surface area contributed by atoms with Gasteiger partial charge in [-0.15, -0.1) is 0 Å².